The summed E-state index contributed by atoms with van der Waals surface area (Å²) in [4.78, 5) is 0. The molecule has 5 aliphatic carbocycles. The molecule has 4 fully saturated rings. The molecule has 5 aliphatic rings. The molecule has 0 heterocycles. The van der Waals surface area contributed by atoms with Gasteiger partial charge in [-0.15, -0.1) is 0 Å². The van der Waals surface area contributed by atoms with Crippen LogP contribution in [0.4, 0.5) is 0 Å². The molecule has 4 bridgehead atoms. The lowest BCUT2D eigenvalue weighted by Gasteiger charge is -2.63. The summed E-state index contributed by atoms with van der Waals surface area (Å²) in [5, 5.41) is 0. The van der Waals surface area contributed by atoms with E-state index in [1.807, 2.05) is 6.08 Å². The normalized spacial score (nSPS) is 24.1. The first-order valence-corrected chi connectivity index (χ1v) is 22.2. The fraction of sp³-hybridized carbons (Fsp3) is 0.418. The lowest BCUT2D eigenvalue weighted by Crippen LogP contribution is -2.55. The van der Waals surface area contributed by atoms with Gasteiger partial charge in [0.1, 0.15) is 0 Å². The lowest BCUT2D eigenvalue weighted by atomic mass is 9.41. The average molecular weight is 723 g/mol. The third-order valence-electron chi connectivity index (χ3n) is 15.1. The Labute approximate surface area is 332 Å². The highest BCUT2D eigenvalue weighted by Crippen LogP contribution is 2.66. The number of unbranched alkanes of at least 4 members (excludes halogenated alkanes) is 6. The molecule has 5 aromatic rings. The molecule has 0 saturated heterocycles. The third-order valence-corrected chi connectivity index (χ3v) is 15.1. The number of rotatable bonds is 15. The molecule has 5 aromatic carbocycles. The number of fused-ring (bicyclic) bond motifs is 3. The van der Waals surface area contributed by atoms with Crippen LogP contribution >= 0.6 is 0 Å². The van der Waals surface area contributed by atoms with Crippen molar-refractivity contribution in [3.63, 3.8) is 0 Å². The van der Waals surface area contributed by atoms with Crippen molar-refractivity contribution in [1.82, 2.24) is 0 Å². The van der Waals surface area contributed by atoms with Crippen molar-refractivity contribution in [2.24, 2.45) is 11.8 Å². The molecular weight excluding hydrogens is 661 g/mol. The zero-order valence-electron chi connectivity index (χ0n) is 33.7. The number of hydrogen-bond acceptors (Lipinski definition) is 0. The van der Waals surface area contributed by atoms with E-state index < -0.39 is 0 Å². The van der Waals surface area contributed by atoms with Gasteiger partial charge in [-0.3, -0.25) is 0 Å². The van der Waals surface area contributed by atoms with Crippen molar-refractivity contribution in [2.75, 3.05) is 0 Å². The topological polar surface area (TPSA) is 0 Å². The van der Waals surface area contributed by atoms with Gasteiger partial charge in [0.2, 0.25) is 0 Å². The van der Waals surface area contributed by atoms with Crippen LogP contribution in [0.25, 0.3) is 39.5 Å². The lowest BCUT2D eigenvalue weighted by molar-refractivity contribution is -0.0281. The number of hydrogen-bond donors (Lipinski definition) is 0. The maximum absolute atomic E-state index is 4.00. The van der Waals surface area contributed by atoms with E-state index >= 15 is 0 Å². The molecule has 282 valence electrons. The van der Waals surface area contributed by atoms with Crippen LogP contribution in [-0.4, -0.2) is 0 Å². The molecule has 2 unspecified atom stereocenters. The summed E-state index contributed by atoms with van der Waals surface area (Å²) in [6, 6.07) is 45.5. The van der Waals surface area contributed by atoms with Crippen LogP contribution in [0, 0.1) is 11.8 Å². The molecular formula is C55H62. The van der Waals surface area contributed by atoms with Crippen LogP contribution in [-0.2, 0) is 16.2 Å². The van der Waals surface area contributed by atoms with E-state index in [9.17, 15) is 0 Å². The van der Waals surface area contributed by atoms with Crippen LogP contribution in [0.15, 0.2) is 122 Å². The van der Waals surface area contributed by atoms with E-state index in [0.29, 0.717) is 10.8 Å². The van der Waals surface area contributed by atoms with Crippen molar-refractivity contribution < 1.29 is 0 Å². The van der Waals surface area contributed by atoms with Gasteiger partial charge < -0.3 is 0 Å². The Morgan fingerprint density at radius 1 is 0.527 bits per heavy atom. The molecule has 10 rings (SSSR count). The molecule has 0 nitrogen and oxygen atoms in total. The molecule has 0 aromatic heterocycles. The van der Waals surface area contributed by atoms with Crippen molar-refractivity contribution in [3.05, 3.63) is 150 Å². The van der Waals surface area contributed by atoms with E-state index in [4.69, 9.17) is 0 Å². The van der Waals surface area contributed by atoms with Gasteiger partial charge in [-0.2, -0.15) is 0 Å². The fourth-order valence-electron chi connectivity index (χ4n) is 12.8. The Kier molecular flexibility index (Phi) is 9.99. The largest absolute Gasteiger partial charge is 0.0985 e. The third kappa shape index (κ3) is 6.56. The Morgan fingerprint density at radius 3 is 1.58 bits per heavy atom. The van der Waals surface area contributed by atoms with E-state index in [1.165, 1.54) is 142 Å². The summed E-state index contributed by atoms with van der Waals surface area (Å²) >= 11 is 0. The first-order valence-electron chi connectivity index (χ1n) is 22.2. The molecule has 0 radical (unpaired) electrons. The smallest absolute Gasteiger partial charge is 0.0215 e. The van der Waals surface area contributed by atoms with Gasteiger partial charge in [-0.25, -0.2) is 0 Å². The second-order valence-corrected chi connectivity index (χ2v) is 18.5. The van der Waals surface area contributed by atoms with Crippen molar-refractivity contribution in [3.8, 4) is 33.4 Å². The summed E-state index contributed by atoms with van der Waals surface area (Å²) in [7, 11) is 0. The van der Waals surface area contributed by atoms with E-state index in [0.717, 1.165) is 11.8 Å². The maximum atomic E-state index is 4.00. The second-order valence-electron chi connectivity index (χ2n) is 18.5. The average Bonchev–Trinajstić information content (AvgIpc) is 3.49. The minimum absolute atomic E-state index is 0.123. The van der Waals surface area contributed by atoms with Crippen LogP contribution in [0.3, 0.4) is 0 Å². The Morgan fingerprint density at radius 2 is 1.02 bits per heavy atom. The first-order chi connectivity index (χ1) is 27.0. The standard InChI is InChI=1S/C55H62/c1-4-7-9-13-31-55(32-14-10-8-5-2)51-16-12-11-15-49(51)50-30-25-46(34-52(50)55)45-21-19-43(20-22-45)44-23-28-48(29-24-44)54-37-41-33-42(38-54)36-53(35-41,39-54)47-26-17-40(6-3)18-27-47/h6,11-12,15-30,34,41-42H,3-5,7-10,13-14,31-33,35-39H2,1-2H3. The zero-order chi connectivity index (χ0) is 37.5. The zero-order valence-corrected chi connectivity index (χ0v) is 33.7. The van der Waals surface area contributed by atoms with Gasteiger partial charge in [0.05, 0.1) is 0 Å². The van der Waals surface area contributed by atoms with Gasteiger partial charge in [0.25, 0.3) is 0 Å². The van der Waals surface area contributed by atoms with Gasteiger partial charge >= 0.3 is 0 Å². The molecule has 0 heteroatoms. The Balaban J connectivity index is 0.975. The summed E-state index contributed by atoms with van der Waals surface area (Å²) in [6.07, 6.45) is 23.2. The highest BCUT2D eigenvalue weighted by Gasteiger charge is 2.58. The van der Waals surface area contributed by atoms with Gasteiger partial charge in [0.15, 0.2) is 0 Å². The van der Waals surface area contributed by atoms with E-state index in [2.05, 4.69) is 136 Å². The molecule has 55 heavy (non-hydrogen) atoms. The van der Waals surface area contributed by atoms with Gasteiger partial charge in [0, 0.05) is 5.41 Å². The van der Waals surface area contributed by atoms with Crippen LogP contribution < -0.4 is 0 Å². The van der Waals surface area contributed by atoms with E-state index in [1.54, 1.807) is 22.3 Å². The number of benzene rings is 5. The van der Waals surface area contributed by atoms with Crippen LogP contribution in [0.5, 0.6) is 0 Å². The summed E-state index contributed by atoms with van der Waals surface area (Å²) in [5.74, 6) is 1.71. The maximum Gasteiger partial charge on any atom is 0.0215 e. The second kappa shape index (κ2) is 15.1. The van der Waals surface area contributed by atoms with Gasteiger partial charge in [-0.1, -0.05) is 187 Å². The minimum atomic E-state index is 0.123. The first kappa shape index (κ1) is 36.5. The molecule has 4 saturated carbocycles. The minimum Gasteiger partial charge on any atom is -0.0985 e. The predicted octanol–water partition coefficient (Wildman–Crippen LogP) is 15.7. The van der Waals surface area contributed by atoms with Crippen molar-refractivity contribution in [2.45, 2.75) is 133 Å². The highest BCUT2D eigenvalue weighted by molar-refractivity contribution is 5.84. The predicted molar refractivity (Wildman–Crippen MR) is 236 cm³/mol. The molecule has 0 spiro atoms. The molecule has 0 N–H and O–H groups in total. The quantitative estimate of drug-likeness (QED) is 0.0944. The summed E-state index contributed by atoms with van der Waals surface area (Å²) in [5.41, 5.74) is 16.6. The Bertz CT molecular complexity index is 2080. The highest BCUT2D eigenvalue weighted by atomic mass is 14.6. The summed E-state index contributed by atoms with van der Waals surface area (Å²) < 4.78 is 0. The van der Waals surface area contributed by atoms with Crippen LogP contribution in [0.1, 0.15) is 144 Å². The fourth-order valence-corrected chi connectivity index (χ4v) is 12.8. The Hall–Kier alpha value is -4.16. The van der Waals surface area contributed by atoms with Crippen molar-refractivity contribution in [1.29, 1.82) is 0 Å². The SMILES string of the molecule is C=Cc1ccc(C23CC4CC(C2)CC(c2ccc(-c5ccc(-c6ccc7c(c6)C(CCCCCC)(CCCCCC)c6ccccc6-7)cc5)cc2)(C4)C3)cc1. The summed E-state index contributed by atoms with van der Waals surface area (Å²) in [6.45, 7) is 8.66. The van der Waals surface area contributed by atoms with Gasteiger partial charge in [-0.05, 0) is 141 Å². The van der Waals surface area contributed by atoms with Crippen LogP contribution in [0.2, 0.25) is 0 Å². The van der Waals surface area contributed by atoms with E-state index in [-0.39, 0.29) is 5.41 Å². The van der Waals surface area contributed by atoms with Crippen molar-refractivity contribution >= 4 is 6.08 Å². The molecule has 0 aliphatic heterocycles. The monoisotopic (exact) mass is 722 g/mol. The molecule has 0 amide bonds. The molecule has 2 atom stereocenters.